The van der Waals surface area contributed by atoms with E-state index in [9.17, 15) is 9.59 Å². The van der Waals surface area contributed by atoms with E-state index in [1.165, 1.54) is 0 Å². The van der Waals surface area contributed by atoms with Crippen LogP contribution in [0.1, 0.15) is 17.5 Å². The van der Waals surface area contributed by atoms with Crippen molar-refractivity contribution < 1.29 is 14.3 Å². The molecule has 2 aromatic carbocycles. The molecular formula is C18H21N3O3. The van der Waals surface area contributed by atoms with Gasteiger partial charge >= 0.3 is 6.09 Å². The lowest BCUT2D eigenvalue weighted by atomic mass is 10.0. The van der Waals surface area contributed by atoms with E-state index in [0.29, 0.717) is 18.7 Å². The van der Waals surface area contributed by atoms with E-state index in [1.54, 1.807) is 24.3 Å². The van der Waals surface area contributed by atoms with Crippen LogP contribution in [-0.2, 0) is 17.8 Å². The number of hydrogen-bond donors (Lipinski definition) is 3. The summed E-state index contributed by atoms with van der Waals surface area (Å²) in [7, 11) is 0. The van der Waals surface area contributed by atoms with Crippen molar-refractivity contribution in [3.05, 3.63) is 65.7 Å². The number of benzene rings is 2. The Kier molecular flexibility index (Phi) is 6.33. The van der Waals surface area contributed by atoms with Gasteiger partial charge in [0.2, 0.25) is 5.91 Å². The molecule has 2 amide bonds. The van der Waals surface area contributed by atoms with Crippen LogP contribution in [0.2, 0.25) is 0 Å². The molecule has 0 radical (unpaired) electrons. The lowest BCUT2D eigenvalue weighted by Gasteiger charge is -2.12. The number of hydrogen-bond acceptors (Lipinski definition) is 4. The average molecular weight is 327 g/mol. The monoisotopic (exact) mass is 327 g/mol. The molecular weight excluding hydrogens is 306 g/mol. The van der Waals surface area contributed by atoms with Crippen LogP contribution in [0.25, 0.3) is 0 Å². The molecule has 126 valence electrons. The summed E-state index contributed by atoms with van der Waals surface area (Å²) in [4.78, 5) is 22.6. The summed E-state index contributed by atoms with van der Waals surface area (Å²) in [5, 5.41) is 2.82. The normalized spacial score (nSPS) is 11.5. The van der Waals surface area contributed by atoms with E-state index in [0.717, 1.165) is 11.1 Å². The van der Waals surface area contributed by atoms with Crippen LogP contribution in [0.5, 0.6) is 5.75 Å². The van der Waals surface area contributed by atoms with Crippen molar-refractivity contribution in [1.29, 1.82) is 0 Å². The Hall–Kier alpha value is -2.86. The number of carbonyl (C=O) groups is 2. The first-order valence-corrected chi connectivity index (χ1v) is 7.65. The molecule has 0 saturated heterocycles. The van der Waals surface area contributed by atoms with Gasteiger partial charge in [-0.15, -0.1) is 0 Å². The van der Waals surface area contributed by atoms with Gasteiger partial charge in [-0.25, -0.2) is 4.79 Å². The van der Waals surface area contributed by atoms with Crippen molar-refractivity contribution in [2.24, 2.45) is 11.5 Å². The Labute approximate surface area is 140 Å². The molecule has 0 bridgehead atoms. The Morgan fingerprint density at radius 3 is 2.29 bits per heavy atom. The minimum absolute atomic E-state index is 0.101. The third-order valence-electron chi connectivity index (χ3n) is 3.42. The summed E-state index contributed by atoms with van der Waals surface area (Å²) in [6.07, 6.45) is 0.0639. The third kappa shape index (κ3) is 6.10. The largest absolute Gasteiger partial charge is 0.411 e. The molecule has 1 unspecified atom stereocenters. The molecule has 24 heavy (non-hydrogen) atoms. The summed E-state index contributed by atoms with van der Waals surface area (Å²) in [5.41, 5.74) is 13.0. The van der Waals surface area contributed by atoms with E-state index in [2.05, 4.69) is 5.32 Å². The average Bonchev–Trinajstić information content (AvgIpc) is 2.54. The van der Waals surface area contributed by atoms with Crippen molar-refractivity contribution in [3.63, 3.8) is 0 Å². The predicted octanol–water partition coefficient (Wildman–Crippen LogP) is 1.72. The molecule has 0 aromatic heterocycles. The van der Waals surface area contributed by atoms with E-state index < -0.39 is 6.09 Å². The van der Waals surface area contributed by atoms with E-state index in [1.807, 2.05) is 30.3 Å². The summed E-state index contributed by atoms with van der Waals surface area (Å²) in [6, 6.07) is 16.4. The van der Waals surface area contributed by atoms with Crippen molar-refractivity contribution in [2.75, 3.05) is 0 Å². The van der Waals surface area contributed by atoms with Gasteiger partial charge in [-0.05, 0) is 29.7 Å². The molecule has 2 aromatic rings. The molecule has 0 heterocycles. The second-order valence-corrected chi connectivity index (χ2v) is 5.50. The standard InChI is InChI=1S/C18H21N3O3/c19-15(10-13-4-2-1-3-5-13)11-17(22)21-12-14-6-8-16(9-7-14)24-18(20)23/h1-9,15H,10-12,19H2,(H2,20,23)(H,21,22). The van der Waals surface area contributed by atoms with Crippen molar-refractivity contribution in [2.45, 2.75) is 25.4 Å². The Morgan fingerprint density at radius 1 is 1.00 bits per heavy atom. The minimum Gasteiger partial charge on any atom is -0.411 e. The number of ether oxygens (including phenoxy) is 1. The zero-order valence-corrected chi connectivity index (χ0v) is 13.3. The van der Waals surface area contributed by atoms with E-state index in [-0.39, 0.29) is 18.4 Å². The highest BCUT2D eigenvalue weighted by Crippen LogP contribution is 2.12. The highest BCUT2D eigenvalue weighted by molar-refractivity contribution is 5.76. The van der Waals surface area contributed by atoms with Gasteiger partial charge in [-0.3, -0.25) is 4.79 Å². The zero-order valence-electron chi connectivity index (χ0n) is 13.3. The van der Waals surface area contributed by atoms with Gasteiger partial charge in [-0.2, -0.15) is 0 Å². The molecule has 0 aliphatic carbocycles. The Morgan fingerprint density at radius 2 is 1.67 bits per heavy atom. The topological polar surface area (TPSA) is 107 Å². The van der Waals surface area contributed by atoms with Gasteiger partial charge in [0.25, 0.3) is 0 Å². The number of amides is 2. The SMILES string of the molecule is NC(=O)Oc1ccc(CNC(=O)CC(N)Cc2ccccc2)cc1. The van der Waals surface area contributed by atoms with Crippen LogP contribution in [-0.4, -0.2) is 18.0 Å². The Balaban J connectivity index is 1.75. The third-order valence-corrected chi connectivity index (χ3v) is 3.42. The molecule has 0 aliphatic heterocycles. The number of primary amides is 1. The van der Waals surface area contributed by atoms with Crippen molar-refractivity contribution in [1.82, 2.24) is 5.32 Å². The van der Waals surface area contributed by atoms with Crippen LogP contribution in [0.4, 0.5) is 4.79 Å². The van der Waals surface area contributed by atoms with Crippen LogP contribution >= 0.6 is 0 Å². The highest BCUT2D eigenvalue weighted by atomic mass is 16.5. The molecule has 5 N–H and O–H groups in total. The van der Waals surface area contributed by atoms with E-state index >= 15 is 0 Å². The zero-order chi connectivity index (χ0) is 17.4. The maximum atomic E-state index is 12.0. The quantitative estimate of drug-likeness (QED) is 0.719. The van der Waals surface area contributed by atoms with E-state index in [4.69, 9.17) is 16.2 Å². The van der Waals surface area contributed by atoms with Crippen molar-refractivity contribution in [3.8, 4) is 5.75 Å². The minimum atomic E-state index is -0.858. The molecule has 0 saturated carbocycles. The van der Waals surface area contributed by atoms with Gasteiger partial charge < -0.3 is 21.5 Å². The van der Waals surface area contributed by atoms with Gasteiger partial charge in [0.15, 0.2) is 0 Å². The van der Waals surface area contributed by atoms with Crippen LogP contribution < -0.4 is 21.5 Å². The van der Waals surface area contributed by atoms with Gasteiger partial charge in [-0.1, -0.05) is 42.5 Å². The fourth-order valence-corrected chi connectivity index (χ4v) is 2.29. The highest BCUT2D eigenvalue weighted by Gasteiger charge is 2.10. The van der Waals surface area contributed by atoms with Gasteiger partial charge in [0, 0.05) is 19.0 Å². The molecule has 1 atom stereocenters. The lowest BCUT2D eigenvalue weighted by Crippen LogP contribution is -2.32. The number of nitrogens with two attached hydrogens (primary N) is 2. The second kappa shape index (κ2) is 8.69. The molecule has 2 rings (SSSR count). The number of rotatable bonds is 7. The first kappa shape index (κ1) is 17.5. The fourth-order valence-electron chi connectivity index (χ4n) is 2.29. The smallest absolute Gasteiger partial charge is 0.409 e. The van der Waals surface area contributed by atoms with Crippen LogP contribution in [0.3, 0.4) is 0 Å². The lowest BCUT2D eigenvalue weighted by molar-refractivity contribution is -0.121. The summed E-state index contributed by atoms with van der Waals surface area (Å²) < 4.78 is 4.74. The van der Waals surface area contributed by atoms with Crippen LogP contribution in [0.15, 0.2) is 54.6 Å². The van der Waals surface area contributed by atoms with Gasteiger partial charge in [0.1, 0.15) is 5.75 Å². The molecule has 6 heteroatoms. The second-order valence-electron chi connectivity index (χ2n) is 5.50. The fraction of sp³-hybridized carbons (Fsp3) is 0.222. The first-order chi connectivity index (χ1) is 11.5. The summed E-state index contributed by atoms with van der Waals surface area (Å²) >= 11 is 0. The summed E-state index contributed by atoms with van der Waals surface area (Å²) in [5.74, 6) is 0.262. The van der Waals surface area contributed by atoms with Crippen molar-refractivity contribution >= 4 is 12.0 Å². The molecule has 0 spiro atoms. The maximum Gasteiger partial charge on any atom is 0.409 e. The molecule has 0 aliphatic rings. The van der Waals surface area contributed by atoms with Crippen LogP contribution in [0, 0.1) is 0 Å². The summed E-state index contributed by atoms with van der Waals surface area (Å²) in [6.45, 7) is 0.383. The molecule has 0 fully saturated rings. The maximum absolute atomic E-state index is 12.0. The predicted molar refractivity (Wildman–Crippen MR) is 91.2 cm³/mol. The Bertz CT molecular complexity index is 672. The molecule has 6 nitrogen and oxygen atoms in total. The number of carbonyl (C=O) groups excluding carboxylic acids is 2. The van der Waals surface area contributed by atoms with Gasteiger partial charge in [0.05, 0.1) is 0 Å². The first-order valence-electron chi connectivity index (χ1n) is 7.65. The number of nitrogens with one attached hydrogen (secondary N) is 1.